The summed E-state index contributed by atoms with van der Waals surface area (Å²) >= 11 is 0. The number of carbonyl (C=O) groups excluding carboxylic acids is 1. The summed E-state index contributed by atoms with van der Waals surface area (Å²) in [5.41, 5.74) is 4.02. The van der Waals surface area contributed by atoms with E-state index >= 15 is 0 Å². The number of furan rings is 1. The predicted octanol–water partition coefficient (Wildman–Crippen LogP) is 3.55. The number of hydrazone groups is 1. The minimum atomic E-state index is -0.308. The van der Waals surface area contributed by atoms with Gasteiger partial charge in [-0.25, -0.2) is 9.82 Å². The lowest BCUT2D eigenvalue weighted by atomic mass is 10.1. The standard InChI is InChI=1S/C21H17FN2O4/c22-16-4-2-15(3-5-16)18-8-6-17(28-18)13-23-24-21(25)12-14-1-7-19-20(11-14)27-10-9-26-19/h1-8,11,13H,9-10,12H2,(H,24,25)/b23-13-. The molecule has 0 aliphatic carbocycles. The second-order valence-electron chi connectivity index (χ2n) is 6.16. The highest BCUT2D eigenvalue weighted by atomic mass is 19.1. The third-order valence-electron chi connectivity index (χ3n) is 4.11. The Bertz CT molecular complexity index is 1010. The van der Waals surface area contributed by atoms with Crippen LogP contribution in [0.4, 0.5) is 4.39 Å². The van der Waals surface area contributed by atoms with Gasteiger partial charge in [0.2, 0.25) is 5.91 Å². The quantitative estimate of drug-likeness (QED) is 0.543. The molecule has 0 bridgehead atoms. The molecule has 28 heavy (non-hydrogen) atoms. The molecule has 0 saturated carbocycles. The molecule has 1 N–H and O–H groups in total. The summed E-state index contributed by atoms with van der Waals surface area (Å²) in [6.07, 6.45) is 1.57. The van der Waals surface area contributed by atoms with Crippen LogP contribution in [-0.2, 0) is 11.2 Å². The largest absolute Gasteiger partial charge is 0.486 e. The third kappa shape index (κ3) is 4.20. The van der Waals surface area contributed by atoms with Gasteiger partial charge in [-0.15, -0.1) is 0 Å². The van der Waals surface area contributed by atoms with Crippen LogP contribution in [0.1, 0.15) is 11.3 Å². The molecule has 0 spiro atoms. The summed E-state index contributed by atoms with van der Waals surface area (Å²) in [6.45, 7) is 1.02. The molecule has 0 saturated heterocycles. The van der Waals surface area contributed by atoms with E-state index in [1.165, 1.54) is 18.3 Å². The highest BCUT2D eigenvalue weighted by molar-refractivity contribution is 5.82. The van der Waals surface area contributed by atoms with Crippen molar-refractivity contribution in [2.24, 2.45) is 5.10 Å². The molecule has 7 heteroatoms. The Morgan fingerprint density at radius 1 is 1.04 bits per heavy atom. The van der Waals surface area contributed by atoms with Crippen molar-refractivity contribution in [2.75, 3.05) is 13.2 Å². The van der Waals surface area contributed by atoms with Gasteiger partial charge in [-0.2, -0.15) is 5.10 Å². The van der Waals surface area contributed by atoms with Gasteiger partial charge >= 0.3 is 0 Å². The lowest BCUT2D eigenvalue weighted by Crippen LogP contribution is -2.20. The monoisotopic (exact) mass is 380 g/mol. The molecule has 0 atom stereocenters. The van der Waals surface area contributed by atoms with Crippen molar-refractivity contribution in [1.82, 2.24) is 5.43 Å². The molecule has 0 radical (unpaired) electrons. The van der Waals surface area contributed by atoms with Crippen LogP contribution < -0.4 is 14.9 Å². The molecule has 2 heterocycles. The summed E-state index contributed by atoms with van der Waals surface area (Å²) in [7, 11) is 0. The van der Waals surface area contributed by atoms with Gasteiger partial charge in [0.1, 0.15) is 30.6 Å². The van der Waals surface area contributed by atoms with Crippen molar-refractivity contribution in [3.05, 3.63) is 71.7 Å². The second-order valence-corrected chi connectivity index (χ2v) is 6.16. The van der Waals surface area contributed by atoms with Gasteiger partial charge in [0.25, 0.3) is 0 Å². The zero-order valence-electron chi connectivity index (χ0n) is 14.9. The van der Waals surface area contributed by atoms with Crippen molar-refractivity contribution in [1.29, 1.82) is 0 Å². The average Bonchev–Trinajstić information content (AvgIpc) is 3.17. The third-order valence-corrected chi connectivity index (χ3v) is 4.11. The molecule has 1 amide bonds. The normalized spacial score (nSPS) is 12.9. The number of halogens is 1. The van der Waals surface area contributed by atoms with Crippen LogP contribution in [0.25, 0.3) is 11.3 Å². The van der Waals surface area contributed by atoms with E-state index in [2.05, 4.69) is 10.5 Å². The van der Waals surface area contributed by atoms with Crippen molar-refractivity contribution in [2.45, 2.75) is 6.42 Å². The van der Waals surface area contributed by atoms with Crippen LogP contribution in [0.15, 0.2) is 64.1 Å². The SMILES string of the molecule is O=C(Cc1ccc2c(c1)OCCO2)N/N=C\c1ccc(-c2ccc(F)cc2)o1. The fraction of sp³-hybridized carbons (Fsp3) is 0.143. The van der Waals surface area contributed by atoms with Crippen molar-refractivity contribution in [3.8, 4) is 22.8 Å². The number of fused-ring (bicyclic) bond motifs is 1. The zero-order valence-corrected chi connectivity index (χ0v) is 14.9. The number of rotatable bonds is 5. The fourth-order valence-corrected chi connectivity index (χ4v) is 2.78. The summed E-state index contributed by atoms with van der Waals surface area (Å²) in [5.74, 6) is 1.81. The van der Waals surface area contributed by atoms with E-state index in [0.717, 1.165) is 11.1 Å². The molecule has 3 aromatic rings. The minimum Gasteiger partial charge on any atom is -0.486 e. The molecule has 1 aliphatic heterocycles. The van der Waals surface area contributed by atoms with Gasteiger partial charge < -0.3 is 13.9 Å². The fourth-order valence-electron chi connectivity index (χ4n) is 2.78. The molecular formula is C21H17FN2O4. The van der Waals surface area contributed by atoms with Crippen LogP contribution in [-0.4, -0.2) is 25.3 Å². The van der Waals surface area contributed by atoms with E-state index in [1.54, 1.807) is 36.4 Å². The zero-order chi connectivity index (χ0) is 19.3. The van der Waals surface area contributed by atoms with Crippen molar-refractivity contribution >= 4 is 12.1 Å². The van der Waals surface area contributed by atoms with E-state index in [4.69, 9.17) is 13.9 Å². The van der Waals surface area contributed by atoms with Gasteiger partial charge in [0.15, 0.2) is 11.5 Å². The molecule has 1 aliphatic rings. The molecule has 142 valence electrons. The summed E-state index contributed by atoms with van der Waals surface area (Å²) in [4.78, 5) is 12.1. The number of nitrogens with zero attached hydrogens (tertiary/aromatic N) is 1. The summed E-state index contributed by atoms with van der Waals surface area (Å²) in [6, 6.07) is 14.9. The molecular weight excluding hydrogens is 363 g/mol. The Labute approximate surface area is 160 Å². The van der Waals surface area contributed by atoms with Gasteiger partial charge in [-0.3, -0.25) is 4.79 Å². The molecule has 1 aromatic heterocycles. The van der Waals surface area contributed by atoms with Gasteiger partial charge in [-0.05, 0) is 54.1 Å². The topological polar surface area (TPSA) is 73.1 Å². The number of carbonyl (C=O) groups is 1. The van der Waals surface area contributed by atoms with E-state index in [0.29, 0.717) is 36.2 Å². The first kappa shape index (κ1) is 17.8. The number of hydrogen-bond donors (Lipinski definition) is 1. The van der Waals surface area contributed by atoms with E-state index < -0.39 is 0 Å². The summed E-state index contributed by atoms with van der Waals surface area (Å²) in [5, 5.41) is 3.91. The molecule has 4 rings (SSSR count). The van der Waals surface area contributed by atoms with Crippen LogP contribution >= 0.6 is 0 Å². The molecule has 0 unspecified atom stereocenters. The Hall–Kier alpha value is -3.61. The number of amides is 1. The Kier molecular flexibility index (Phi) is 5.05. The van der Waals surface area contributed by atoms with Gasteiger partial charge in [0, 0.05) is 5.56 Å². The number of ether oxygens (including phenoxy) is 2. The van der Waals surface area contributed by atoms with E-state index in [-0.39, 0.29) is 18.1 Å². The maximum Gasteiger partial charge on any atom is 0.244 e. The summed E-state index contributed by atoms with van der Waals surface area (Å²) < 4.78 is 29.6. The van der Waals surface area contributed by atoms with Crippen LogP contribution in [0.5, 0.6) is 11.5 Å². The predicted molar refractivity (Wildman–Crippen MR) is 101 cm³/mol. The number of hydrogen-bond acceptors (Lipinski definition) is 5. The van der Waals surface area contributed by atoms with Crippen molar-refractivity contribution in [3.63, 3.8) is 0 Å². The Morgan fingerprint density at radius 3 is 2.64 bits per heavy atom. The minimum absolute atomic E-state index is 0.160. The highest BCUT2D eigenvalue weighted by Crippen LogP contribution is 2.30. The van der Waals surface area contributed by atoms with Crippen LogP contribution in [0, 0.1) is 5.82 Å². The number of nitrogens with one attached hydrogen (secondary N) is 1. The first-order chi connectivity index (χ1) is 13.7. The van der Waals surface area contributed by atoms with Crippen molar-refractivity contribution < 1.29 is 23.1 Å². The first-order valence-corrected chi connectivity index (χ1v) is 8.73. The van der Waals surface area contributed by atoms with E-state index in [9.17, 15) is 9.18 Å². The van der Waals surface area contributed by atoms with Crippen LogP contribution in [0.2, 0.25) is 0 Å². The Balaban J connectivity index is 1.33. The van der Waals surface area contributed by atoms with Crippen LogP contribution in [0.3, 0.4) is 0 Å². The molecule has 0 fully saturated rings. The maximum absolute atomic E-state index is 13.0. The highest BCUT2D eigenvalue weighted by Gasteiger charge is 2.13. The second kappa shape index (κ2) is 7.96. The van der Waals surface area contributed by atoms with Gasteiger partial charge in [-0.1, -0.05) is 6.07 Å². The average molecular weight is 380 g/mol. The lowest BCUT2D eigenvalue weighted by molar-refractivity contribution is -0.120. The smallest absolute Gasteiger partial charge is 0.244 e. The van der Waals surface area contributed by atoms with Gasteiger partial charge in [0.05, 0.1) is 12.6 Å². The maximum atomic E-state index is 13.0. The lowest BCUT2D eigenvalue weighted by Gasteiger charge is -2.18. The first-order valence-electron chi connectivity index (χ1n) is 8.73. The van der Waals surface area contributed by atoms with E-state index in [1.807, 2.05) is 6.07 Å². The molecule has 6 nitrogen and oxygen atoms in total. The Morgan fingerprint density at radius 2 is 1.82 bits per heavy atom. The number of benzene rings is 2. The molecule has 2 aromatic carbocycles.